The molecule has 0 saturated heterocycles. The molecule has 1 amide bonds. The van der Waals surface area contributed by atoms with Crippen LogP contribution in [-0.4, -0.2) is 17.7 Å². The molecule has 1 aromatic carbocycles. The Morgan fingerprint density at radius 3 is 2.85 bits per heavy atom. The fourth-order valence-electron chi connectivity index (χ4n) is 1.76. The number of benzene rings is 1. The smallest absolute Gasteiger partial charge is 0.266 e. The number of rotatable bonds is 2. The van der Waals surface area contributed by atoms with Gasteiger partial charge in [-0.2, -0.15) is 0 Å². The van der Waals surface area contributed by atoms with Crippen LogP contribution in [0.1, 0.15) is 10.4 Å². The lowest BCUT2D eigenvalue weighted by Crippen LogP contribution is -2.15. The molecule has 1 aliphatic heterocycles. The fraction of sp³-hybridized carbons (Fsp3) is 0.0769. The number of hydrogen-bond donors (Lipinski definition) is 2. The average molecular weight is 293 g/mol. The second-order valence-electron chi connectivity index (χ2n) is 4.09. The third-order valence-electron chi connectivity index (χ3n) is 2.75. The Morgan fingerprint density at radius 2 is 2.05 bits per heavy atom. The number of carbonyl (C=O) groups excluding carboxylic acids is 1. The van der Waals surface area contributed by atoms with E-state index in [1.807, 2.05) is 0 Å². The van der Waals surface area contributed by atoms with Gasteiger partial charge in [0.2, 0.25) is 6.79 Å². The SMILES string of the molecule is O=C(Nc1ccc2c(c1)OCO2)c1c[nH]c(=O)c(Cl)c1. The Hall–Kier alpha value is -2.47. The summed E-state index contributed by atoms with van der Waals surface area (Å²) < 4.78 is 10.4. The van der Waals surface area contributed by atoms with Crippen LogP contribution in [0.2, 0.25) is 5.02 Å². The summed E-state index contributed by atoms with van der Waals surface area (Å²) in [5.41, 5.74) is 0.375. The highest BCUT2D eigenvalue weighted by atomic mass is 35.5. The van der Waals surface area contributed by atoms with Crippen molar-refractivity contribution in [3.05, 3.63) is 51.4 Å². The minimum Gasteiger partial charge on any atom is -0.454 e. The van der Waals surface area contributed by atoms with Gasteiger partial charge < -0.3 is 19.8 Å². The van der Waals surface area contributed by atoms with E-state index in [2.05, 4.69) is 10.3 Å². The second-order valence-corrected chi connectivity index (χ2v) is 4.49. The predicted molar refractivity (Wildman–Crippen MR) is 72.6 cm³/mol. The van der Waals surface area contributed by atoms with E-state index in [9.17, 15) is 9.59 Å². The predicted octanol–water partition coefficient (Wildman–Crippen LogP) is 2.01. The van der Waals surface area contributed by atoms with Crippen molar-refractivity contribution in [2.24, 2.45) is 0 Å². The molecule has 0 spiro atoms. The summed E-state index contributed by atoms with van der Waals surface area (Å²) in [6.45, 7) is 0.169. The molecule has 1 aliphatic rings. The summed E-state index contributed by atoms with van der Waals surface area (Å²) in [7, 11) is 0. The molecular weight excluding hydrogens is 284 g/mol. The summed E-state index contributed by atoms with van der Waals surface area (Å²) in [4.78, 5) is 25.5. The number of nitrogens with one attached hydrogen (secondary N) is 2. The number of H-pyrrole nitrogens is 1. The van der Waals surface area contributed by atoms with Gasteiger partial charge in [-0.3, -0.25) is 9.59 Å². The van der Waals surface area contributed by atoms with Crippen LogP contribution in [0.4, 0.5) is 5.69 Å². The number of halogens is 1. The van der Waals surface area contributed by atoms with Crippen molar-refractivity contribution in [1.29, 1.82) is 0 Å². The molecule has 3 rings (SSSR count). The number of aromatic amines is 1. The van der Waals surface area contributed by atoms with E-state index in [4.69, 9.17) is 21.1 Å². The van der Waals surface area contributed by atoms with Crippen molar-refractivity contribution >= 4 is 23.2 Å². The number of ether oxygens (including phenoxy) is 2. The summed E-state index contributed by atoms with van der Waals surface area (Å²) >= 11 is 5.68. The van der Waals surface area contributed by atoms with Crippen molar-refractivity contribution in [3.63, 3.8) is 0 Å². The summed E-state index contributed by atoms with van der Waals surface area (Å²) in [6, 6.07) is 6.37. The third-order valence-corrected chi connectivity index (χ3v) is 3.03. The van der Waals surface area contributed by atoms with Crippen LogP contribution < -0.4 is 20.3 Å². The maximum Gasteiger partial charge on any atom is 0.266 e. The van der Waals surface area contributed by atoms with Gasteiger partial charge in [-0.1, -0.05) is 11.6 Å². The topological polar surface area (TPSA) is 80.4 Å². The molecule has 0 saturated carbocycles. The van der Waals surface area contributed by atoms with Gasteiger partial charge in [0.1, 0.15) is 5.02 Å². The van der Waals surface area contributed by atoms with Crippen LogP contribution in [0.3, 0.4) is 0 Å². The number of fused-ring (bicyclic) bond motifs is 1. The first-order valence-electron chi connectivity index (χ1n) is 5.73. The number of carbonyl (C=O) groups is 1. The number of anilines is 1. The summed E-state index contributed by atoms with van der Waals surface area (Å²) in [5.74, 6) is 0.819. The lowest BCUT2D eigenvalue weighted by Gasteiger charge is -2.06. The van der Waals surface area contributed by atoms with Crippen LogP contribution in [0.5, 0.6) is 11.5 Å². The first kappa shape index (κ1) is 12.6. The number of aromatic nitrogens is 1. The van der Waals surface area contributed by atoms with Gasteiger partial charge >= 0.3 is 0 Å². The maximum atomic E-state index is 12.0. The molecule has 2 heterocycles. The lowest BCUT2D eigenvalue weighted by atomic mass is 10.2. The average Bonchev–Trinajstić information content (AvgIpc) is 2.89. The summed E-state index contributed by atoms with van der Waals surface area (Å²) in [5, 5.41) is 2.64. The molecule has 0 atom stereocenters. The van der Waals surface area contributed by atoms with E-state index in [-0.39, 0.29) is 23.3 Å². The largest absolute Gasteiger partial charge is 0.454 e. The highest BCUT2D eigenvalue weighted by molar-refractivity contribution is 6.30. The molecule has 0 aliphatic carbocycles. The molecule has 102 valence electrons. The Balaban J connectivity index is 1.82. The first-order chi connectivity index (χ1) is 9.63. The van der Waals surface area contributed by atoms with E-state index in [1.54, 1.807) is 18.2 Å². The van der Waals surface area contributed by atoms with Crippen molar-refractivity contribution in [2.75, 3.05) is 12.1 Å². The van der Waals surface area contributed by atoms with E-state index < -0.39 is 5.56 Å². The Kier molecular flexibility index (Phi) is 3.08. The van der Waals surface area contributed by atoms with Gasteiger partial charge in [0.05, 0.1) is 5.56 Å². The molecular formula is C13H9ClN2O4. The fourth-order valence-corrected chi connectivity index (χ4v) is 1.94. The van der Waals surface area contributed by atoms with Crippen LogP contribution >= 0.6 is 11.6 Å². The number of amides is 1. The van der Waals surface area contributed by atoms with Gasteiger partial charge in [-0.05, 0) is 18.2 Å². The minimum absolute atomic E-state index is 0.0386. The minimum atomic E-state index is -0.439. The van der Waals surface area contributed by atoms with Crippen molar-refractivity contribution in [3.8, 4) is 11.5 Å². The van der Waals surface area contributed by atoms with E-state index >= 15 is 0 Å². The Labute approximate surface area is 118 Å². The molecule has 20 heavy (non-hydrogen) atoms. The van der Waals surface area contributed by atoms with Crippen LogP contribution in [0.15, 0.2) is 35.3 Å². The molecule has 2 aromatic rings. The third kappa shape index (κ3) is 2.33. The highest BCUT2D eigenvalue weighted by Crippen LogP contribution is 2.34. The van der Waals surface area contributed by atoms with E-state index in [0.717, 1.165) is 0 Å². The summed E-state index contributed by atoms with van der Waals surface area (Å²) in [6.07, 6.45) is 1.30. The normalized spacial score (nSPS) is 12.2. The van der Waals surface area contributed by atoms with Crippen LogP contribution in [0.25, 0.3) is 0 Å². The molecule has 2 N–H and O–H groups in total. The Morgan fingerprint density at radius 1 is 1.25 bits per heavy atom. The van der Waals surface area contributed by atoms with Crippen LogP contribution in [-0.2, 0) is 0 Å². The molecule has 6 nitrogen and oxygen atoms in total. The molecule has 7 heteroatoms. The van der Waals surface area contributed by atoms with E-state index in [0.29, 0.717) is 17.2 Å². The molecule has 0 unspecified atom stereocenters. The monoisotopic (exact) mass is 292 g/mol. The van der Waals surface area contributed by atoms with Crippen LogP contribution in [0, 0.1) is 0 Å². The van der Waals surface area contributed by atoms with Crippen molar-refractivity contribution in [2.45, 2.75) is 0 Å². The van der Waals surface area contributed by atoms with Crippen molar-refractivity contribution in [1.82, 2.24) is 4.98 Å². The highest BCUT2D eigenvalue weighted by Gasteiger charge is 2.15. The maximum absolute atomic E-state index is 12.0. The zero-order valence-electron chi connectivity index (χ0n) is 10.1. The zero-order valence-corrected chi connectivity index (χ0v) is 10.9. The van der Waals surface area contributed by atoms with Gasteiger partial charge in [-0.25, -0.2) is 0 Å². The van der Waals surface area contributed by atoms with Gasteiger partial charge in [0.25, 0.3) is 11.5 Å². The van der Waals surface area contributed by atoms with Crippen molar-refractivity contribution < 1.29 is 14.3 Å². The lowest BCUT2D eigenvalue weighted by molar-refractivity contribution is 0.102. The molecule has 1 aromatic heterocycles. The van der Waals surface area contributed by atoms with Gasteiger partial charge in [0, 0.05) is 18.0 Å². The second kappa shape index (κ2) is 4.90. The first-order valence-corrected chi connectivity index (χ1v) is 6.10. The standard InChI is InChI=1S/C13H9ClN2O4/c14-9-3-7(5-15-13(9)18)12(17)16-8-1-2-10-11(4-8)20-6-19-10/h1-5H,6H2,(H,15,18)(H,16,17). The number of hydrogen-bond acceptors (Lipinski definition) is 4. The zero-order chi connectivity index (χ0) is 14.1. The quantitative estimate of drug-likeness (QED) is 0.887. The van der Waals surface area contributed by atoms with E-state index in [1.165, 1.54) is 12.3 Å². The van der Waals surface area contributed by atoms with Gasteiger partial charge in [0.15, 0.2) is 11.5 Å². The van der Waals surface area contributed by atoms with Gasteiger partial charge in [-0.15, -0.1) is 0 Å². The molecule has 0 bridgehead atoms. The molecule has 0 fully saturated rings. The molecule has 0 radical (unpaired) electrons. The Bertz CT molecular complexity index is 741. The number of pyridine rings is 1.